The van der Waals surface area contributed by atoms with E-state index in [0.717, 1.165) is 18.5 Å². The van der Waals surface area contributed by atoms with Gasteiger partial charge in [0.05, 0.1) is 6.61 Å². The smallest absolute Gasteiger partial charge is 0.323 e. The predicted octanol–water partition coefficient (Wildman–Crippen LogP) is 2.33. The molecule has 0 spiro atoms. The van der Waals surface area contributed by atoms with Gasteiger partial charge < -0.3 is 10.1 Å². The molecule has 1 atom stereocenters. The van der Waals surface area contributed by atoms with Gasteiger partial charge in [0.1, 0.15) is 6.04 Å². The average Bonchev–Trinajstić information content (AvgIpc) is 2.39. The van der Waals surface area contributed by atoms with Crippen molar-refractivity contribution in [3.8, 4) is 0 Å². The fourth-order valence-electron chi connectivity index (χ4n) is 1.69. The number of carbonyl (C=O) groups excluding carboxylic acids is 1. The number of carbonyl (C=O) groups is 1. The van der Waals surface area contributed by atoms with Gasteiger partial charge in [-0.25, -0.2) is 0 Å². The molecule has 1 rings (SSSR count). The van der Waals surface area contributed by atoms with Gasteiger partial charge in [0.25, 0.3) is 0 Å². The molecule has 0 radical (unpaired) electrons. The maximum absolute atomic E-state index is 11.8. The van der Waals surface area contributed by atoms with Crippen LogP contribution in [0.5, 0.6) is 0 Å². The number of rotatable bonds is 8. The molecule has 98 valence electrons. The highest BCUT2D eigenvalue weighted by Gasteiger charge is 2.18. The summed E-state index contributed by atoms with van der Waals surface area (Å²) in [5.74, 6) is -0.189. The van der Waals surface area contributed by atoms with Crippen molar-refractivity contribution in [2.24, 2.45) is 0 Å². The van der Waals surface area contributed by atoms with Gasteiger partial charge >= 0.3 is 5.97 Å². The maximum atomic E-state index is 11.8. The van der Waals surface area contributed by atoms with Gasteiger partial charge in [-0.1, -0.05) is 36.4 Å². The monoisotopic (exact) mass is 247 g/mol. The number of benzene rings is 1. The van der Waals surface area contributed by atoms with Crippen LogP contribution in [-0.4, -0.2) is 25.2 Å². The third kappa shape index (κ3) is 5.15. The third-order valence-electron chi connectivity index (χ3n) is 2.59. The van der Waals surface area contributed by atoms with E-state index in [1.165, 1.54) is 0 Å². The first kappa shape index (κ1) is 14.5. The Balaban J connectivity index is 2.58. The normalized spacial score (nSPS) is 11.8. The van der Waals surface area contributed by atoms with Gasteiger partial charge in [-0.05, 0) is 31.9 Å². The van der Waals surface area contributed by atoms with E-state index in [9.17, 15) is 4.79 Å². The van der Waals surface area contributed by atoms with Gasteiger partial charge in [0.15, 0.2) is 0 Å². The Bertz CT molecular complexity index is 362. The molecule has 3 heteroatoms. The second-order valence-electron chi connectivity index (χ2n) is 4.03. The summed E-state index contributed by atoms with van der Waals surface area (Å²) in [5.41, 5.74) is 1.13. The number of hydrogen-bond donors (Lipinski definition) is 1. The number of hydrogen-bond acceptors (Lipinski definition) is 3. The highest BCUT2D eigenvalue weighted by atomic mass is 16.5. The Kier molecular flexibility index (Phi) is 6.81. The molecule has 0 heterocycles. The van der Waals surface area contributed by atoms with Crippen LogP contribution in [0.1, 0.15) is 18.9 Å². The minimum Gasteiger partial charge on any atom is -0.465 e. The Labute approximate surface area is 109 Å². The Morgan fingerprint density at radius 3 is 2.78 bits per heavy atom. The summed E-state index contributed by atoms with van der Waals surface area (Å²) in [6, 6.07) is 9.66. The molecular formula is C15H21NO2. The van der Waals surface area contributed by atoms with E-state index < -0.39 is 0 Å². The Morgan fingerprint density at radius 1 is 1.44 bits per heavy atom. The molecule has 0 aliphatic carbocycles. The molecule has 0 bridgehead atoms. The van der Waals surface area contributed by atoms with Gasteiger partial charge in [-0.15, -0.1) is 6.58 Å². The van der Waals surface area contributed by atoms with Crippen molar-refractivity contribution in [1.29, 1.82) is 0 Å². The van der Waals surface area contributed by atoms with Crippen LogP contribution >= 0.6 is 0 Å². The van der Waals surface area contributed by atoms with E-state index in [-0.39, 0.29) is 12.0 Å². The lowest BCUT2D eigenvalue weighted by Gasteiger charge is -2.17. The molecule has 0 aromatic heterocycles. The van der Waals surface area contributed by atoms with E-state index >= 15 is 0 Å². The lowest BCUT2D eigenvalue weighted by Crippen LogP contribution is -2.40. The first-order chi connectivity index (χ1) is 8.77. The zero-order valence-corrected chi connectivity index (χ0v) is 10.9. The first-order valence-corrected chi connectivity index (χ1v) is 6.32. The van der Waals surface area contributed by atoms with Crippen LogP contribution in [0.4, 0.5) is 0 Å². The van der Waals surface area contributed by atoms with E-state index in [0.29, 0.717) is 13.0 Å². The highest BCUT2D eigenvalue weighted by molar-refractivity contribution is 5.76. The van der Waals surface area contributed by atoms with Crippen molar-refractivity contribution in [1.82, 2.24) is 5.32 Å². The second-order valence-corrected chi connectivity index (χ2v) is 4.03. The maximum Gasteiger partial charge on any atom is 0.323 e. The summed E-state index contributed by atoms with van der Waals surface area (Å²) in [4.78, 5) is 11.8. The lowest BCUT2D eigenvalue weighted by atomic mass is 10.1. The van der Waals surface area contributed by atoms with E-state index in [1.54, 1.807) is 0 Å². The first-order valence-electron chi connectivity index (χ1n) is 6.32. The molecule has 0 aliphatic rings. The molecule has 0 unspecified atom stereocenters. The molecule has 3 nitrogen and oxygen atoms in total. The molecule has 0 saturated carbocycles. The summed E-state index contributed by atoms with van der Waals surface area (Å²) >= 11 is 0. The summed E-state index contributed by atoms with van der Waals surface area (Å²) in [6.45, 7) is 6.63. The van der Waals surface area contributed by atoms with E-state index in [1.807, 2.05) is 43.3 Å². The van der Waals surface area contributed by atoms with Gasteiger partial charge in [0, 0.05) is 0 Å². The predicted molar refractivity (Wildman–Crippen MR) is 73.4 cm³/mol. The average molecular weight is 247 g/mol. The molecule has 1 aromatic rings. The van der Waals surface area contributed by atoms with Crippen molar-refractivity contribution in [3.05, 3.63) is 48.6 Å². The van der Waals surface area contributed by atoms with Crippen LogP contribution in [0.25, 0.3) is 0 Å². The van der Waals surface area contributed by atoms with Crippen molar-refractivity contribution in [2.75, 3.05) is 13.2 Å². The molecule has 0 aliphatic heterocycles. The fourth-order valence-corrected chi connectivity index (χ4v) is 1.69. The number of ether oxygens (including phenoxy) is 1. The SMILES string of the molecule is C=CCCN[C@@H](Cc1ccccc1)C(=O)OCC. The largest absolute Gasteiger partial charge is 0.465 e. The van der Waals surface area contributed by atoms with Crippen LogP contribution in [0.3, 0.4) is 0 Å². The molecular weight excluding hydrogens is 226 g/mol. The third-order valence-corrected chi connectivity index (χ3v) is 2.59. The quantitative estimate of drug-likeness (QED) is 0.435. The summed E-state index contributed by atoms with van der Waals surface area (Å²) in [6.07, 6.45) is 3.32. The molecule has 0 fully saturated rings. The molecule has 1 N–H and O–H groups in total. The number of nitrogens with one attached hydrogen (secondary N) is 1. The summed E-state index contributed by atoms with van der Waals surface area (Å²) in [7, 11) is 0. The van der Waals surface area contributed by atoms with Crippen LogP contribution in [-0.2, 0) is 16.0 Å². The van der Waals surface area contributed by atoms with Gasteiger partial charge in [0.2, 0.25) is 0 Å². The topological polar surface area (TPSA) is 38.3 Å². The minimum atomic E-state index is -0.285. The number of esters is 1. The van der Waals surface area contributed by atoms with Gasteiger partial charge in [-0.3, -0.25) is 4.79 Å². The van der Waals surface area contributed by atoms with Crippen molar-refractivity contribution in [2.45, 2.75) is 25.8 Å². The standard InChI is InChI=1S/C15H21NO2/c1-3-5-11-16-14(15(17)18-4-2)12-13-9-7-6-8-10-13/h3,6-10,14,16H,1,4-5,11-12H2,2H3/t14-/m0/s1. The molecule has 18 heavy (non-hydrogen) atoms. The molecule has 0 saturated heterocycles. The Morgan fingerprint density at radius 2 is 2.17 bits per heavy atom. The fraction of sp³-hybridized carbons (Fsp3) is 0.400. The van der Waals surface area contributed by atoms with Crippen LogP contribution in [0.2, 0.25) is 0 Å². The zero-order chi connectivity index (χ0) is 13.2. The van der Waals surface area contributed by atoms with Crippen molar-refractivity contribution < 1.29 is 9.53 Å². The van der Waals surface area contributed by atoms with Crippen molar-refractivity contribution in [3.63, 3.8) is 0 Å². The van der Waals surface area contributed by atoms with Crippen LogP contribution in [0, 0.1) is 0 Å². The van der Waals surface area contributed by atoms with Gasteiger partial charge in [-0.2, -0.15) is 0 Å². The molecule has 0 amide bonds. The Hall–Kier alpha value is -1.61. The lowest BCUT2D eigenvalue weighted by molar-refractivity contribution is -0.145. The van der Waals surface area contributed by atoms with Crippen LogP contribution in [0.15, 0.2) is 43.0 Å². The summed E-state index contributed by atoms with van der Waals surface area (Å²) in [5, 5.41) is 3.21. The minimum absolute atomic E-state index is 0.189. The van der Waals surface area contributed by atoms with Crippen molar-refractivity contribution >= 4 is 5.97 Å². The van der Waals surface area contributed by atoms with Crippen LogP contribution < -0.4 is 5.32 Å². The van der Waals surface area contributed by atoms with E-state index in [4.69, 9.17) is 4.74 Å². The summed E-state index contributed by atoms with van der Waals surface area (Å²) < 4.78 is 5.08. The molecule has 1 aromatic carbocycles. The highest BCUT2D eigenvalue weighted by Crippen LogP contribution is 2.05. The zero-order valence-electron chi connectivity index (χ0n) is 10.9. The van der Waals surface area contributed by atoms with E-state index in [2.05, 4.69) is 11.9 Å². The second kappa shape index (κ2) is 8.48.